The van der Waals surface area contributed by atoms with Crippen LogP contribution in [0.5, 0.6) is 0 Å². The van der Waals surface area contributed by atoms with Crippen LogP contribution in [0.4, 0.5) is 21.9 Å². The molecule has 1 aliphatic heterocycles. The molecule has 0 spiro atoms. The van der Waals surface area contributed by atoms with E-state index in [1.54, 1.807) is 42.5 Å². The molecule has 3 amide bonds. The molecule has 2 atom stereocenters. The molecule has 1 aliphatic carbocycles. The van der Waals surface area contributed by atoms with Crippen molar-refractivity contribution in [3.05, 3.63) is 86.4 Å². The Labute approximate surface area is 242 Å². The number of carboxylic acid groups (broad SMARTS) is 1. The van der Waals surface area contributed by atoms with Crippen LogP contribution in [0.2, 0.25) is 15.1 Å². The summed E-state index contributed by atoms with van der Waals surface area (Å²) in [5.74, 6) is -2.23. The van der Waals surface area contributed by atoms with Gasteiger partial charge in [-0.25, -0.2) is 4.79 Å². The molecule has 1 heterocycles. The molecule has 7 nitrogen and oxygen atoms in total. The van der Waals surface area contributed by atoms with Gasteiger partial charge < -0.3 is 15.7 Å². The summed E-state index contributed by atoms with van der Waals surface area (Å²) in [6.07, 6.45) is -0.486. The summed E-state index contributed by atoms with van der Waals surface area (Å²) in [7, 11) is 0. The fourth-order valence-electron chi connectivity index (χ4n) is 4.70. The minimum absolute atomic E-state index is 0.133. The number of halogens is 5. The van der Waals surface area contributed by atoms with Gasteiger partial charge >= 0.3 is 6.09 Å². The standard InChI is InChI=1S/C26H18Cl5N3O4/c27-14-7-13(8-15(28)10-14)21-22(26(21,30)31)24(36)33-17-1-3-19(29)18(11-17)23(35)32-16-2-4-20-12(9-16)5-6-34(20)25(37)38/h1-4,7-11,21-22H,5-6H2,(H,32,35)(H,33,36)(H,37,38)/t21-,22+/m0/s1. The highest BCUT2D eigenvalue weighted by Gasteiger charge is 2.67. The molecule has 0 aromatic heterocycles. The van der Waals surface area contributed by atoms with E-state index in [1.807, 2.05) is 0 Å². The van der Waals surface area contributed by atoms with Gasteiger partial charge in [-0.3, -0.25) is 14.5 Å². The predicted molar refractivity (Wildman–Crippen MR) is 151 cm³/mol. The number of nitrogens with one attached hydrogen (secondary N) is 2. The van der Waals surface area contributed by atoms with E-state index < -0.39 is 34.1 Å². The molecule has 2 aliphatic rings. The normalized spacial score (nSPS) is 19.0. The van der Waals surface area contributed by atoms with E-state index in [-0.39, 0.29) is 10.6 Å². The van der Waals surface area contributed by atoms with Gasteiger partial charge in [-0.2, -0.15) is 0 Å². The van der Waals surface area contributed by atoms with E-state index in [2.05, 4.69) is 10.6 Å². The number of carbonyl (C=O) groups excluding carboxylic acids is 2. The Morgan fingerprint density at radius 3 is 2.24 bits per heavy atom. The number of alkyl halides is 2. The number of carbonyl (C=O) groups is 3. The third-order valence-corrected chi connectivity index (χ3v) is 8.23. The molecule has 0 radical (unpaired) electrons. The van der Waals surface area contributed by atoms with Gasteiger partial charge in [0.25, 0.3) is 5.91 Å². The maximum atomic E-state index is 13.1. The van der Waals surface area contributed by atoms with Crippen LogP contribution in [-0.4, -0.2) is 33.9 Å². The van der Waals surface area contributed by atoms with Gasteiger partial charge in [0.1, 0.15) is 4.33 Å². The zero-order valence-electron chi connectivity index (χ0n) is 19.3. The Bertz CT molecular complexity index is 1480. The van der Waals surface area contributed by atoms with E-state index in [0.717, 1.165) is 5.56 Å². The molecule has 12 heteroatoms. The first-order chi connectivity index (χ1) is 18.0. The van der Waals surface area contributed by atoms with Crippen molar-refractivity contribution in [3.63, 3.8) is 0 Å². The van der Waals surface area contributed by atoms with E-state index in [0.29, 0.717) is 45.6 Å². The summed E-state index contributed by atoms with van der Waals surface area (Å²) in [6, 6.07) is 14.4. The maximum absolute atomic E-state index is 13.1. The van der Waals surface area contributed by atoms with Gasteiger partial charge in [-0.1, -0.05) is 34.8 Å². The van der Waals surface area contributed by atoms with E-state index in [1.165, 1.54) is 17.0 Å². The van der Waals surface area contributed by atoms with Crippen LogP contribution in [0.3, 0.4) is 0 Å². The van der Waals surface area contributed by atoms with Gasteiger partial charge in [0.2, 0.25) is 5.91 Å². The first kappa shape index (κ1) is 26.9. The first-order valence-corrected chi connectivity index (χ1v) is 13.2. The lowest BCUT2D eigenvalue weighted by molar-refractivity contribution is -0.117. The fraction of sp³-hybridized carbons (Fsp3) is 0.192. The second-order valence-electron chi connectivity index (χ2n) is 9.00. The molecule has 38 heavy (non-hydrogen) atoms. The number of anilines is 3. The molecule has 1 fully saturated rings. The Morgan fingerprint density at radius 2 is 1.55 bits per heavy atom. The second kappa shape index (κ2) is 10.1. The van der Waals surface area contributed by atoms with Crippen molar-refractivity contribution in [3.8, 4) is 0 Å². The molecule has 3 N–H and O–H groups in total. The zero-order valence-corrected chi connectivity index (χ0v) is 23.1. The van der Waals surface area contributed by atoms with Crippen LogP contribution >= 0.6 is 58.0 Å². The minimum Gasteiger partial charge on any atom is -0.465 e. The minimum atomic E-state index is -1.35. The highest BCUT2D eigenvalue weighted by molar-refractivity contribution is 6.53. The highest BCUT2D eigenvalue weighted by Crippen LogP contribution is 2.65. The number of hydrogen-bond donors (Lipinski definition) is 3. The highest BCUT2D eigenvalue weighted by atomic mass is 35.5. The third kappa shape index (κ3) is 5.14. The van der Waals surface area contributed by atoms with Crippen molar-refractivity contribution >= 4 is 93.0 Å². The molecule has 0 bridgehead atoms. The average molecular weight is 614 g/mol. The summed E-state index contributed by atoms with van der Waals surface area (Å²) in [5.41, 5.74) is 2.99. The molecule has 0 unspecified atom stereocenters. The summed E-state index contributed by atoms with van der Waals surface area (Å²) in [4.78, 5) is 38.7. The van der Waals surface area contributed by atoms with Gasteiger partial charge in [-0.05, 0) is 72.1 Å². The maximum Gasteiger partial charge on any atom is 0.411 e. The van der Waals surface area contributed by atoms with E-state index in [9.17, 15) is 19.5 Å². The molecule has 0 saturated heterocycles. The molecule has 1 saturated carbocycles. The van der Waals surface area contributed by atoms with Crippen LogP contribution in [-0.2, 0) is 11.2 Å². The zero-order chi connectivity index (χ0) is 27.4. The van der Waals surface area contributed by atoms with Crippen molar-refractivity contribution in [1.82, 2.24) is 0 Å². The first-order valence-electron chi connectivity index (χ1n) is 11.3. The van der Waals surface area contributed by atoms with E-state index >= 15 is 0 Å². The SMILES string of the molecule is O=C(Nc1ccc2c(c1)CCN2C(=O)O)c1cc(NC(=O)[C@H]2[C@H](c3cc(Cl)cc(Cl)c3)C2(Cl)Cl)ccc1Cl. The number of benzene rings is 3. The van der Waals surface area contributed by atoms with Gasteiger partial charge in [0, 0.05) is 33.9 Å². The van der Waals surface area contributed by atoms with Gasteiger partial charge in [0.05, 0.1) is 22.2 Å². The topological polar surface area (TPSA) is 98.7 Å². The van der Waals surface area contributed by atoms with Crippen molar-refractivity contribution in [2.75, 3.05) is 22.1 Å². The summed E-state index contributed by atoms with van der Waals surface area (Å²) >= 11 is 31.3. The van der Waals surface area contributed by atoms with E-state index in [4.69, 9.17) is 58.0 Å². The molecular weight excluding hydrogens is 596 g/mol. The number of amides is 3. The smallest absolute Gasteiger partial charge is 0.411 e. The number of nitrogens with zero attached hydrogens (tertiary/aromatic N) is 1. The molecule has 5 rings (SSSR count). The van der Waals surface area contributed by atoms with Crippen molar-refractivity contribution in [2.45, 2.75) is 16.7 Å². The Balaban J connectivity index is 1.30. The Hall–Kier alpha value is -2.68. The van der Waals surface area contributed by atoms with Crippen LogP contribution < -0.4 is 15.5 Å². The largest absolute Gasteiger partial charge is 0.465 e. The molecular formula is C26H18Cl5N3O4. The van der Waals surface area contributed by atoms with Crippen LogP contribution in [0.15, 0.2) is 54.6 Å². The quantitative estimate of drug-likeness (QED) is 0.260. The fourth-order valence-corrected chi connectivity index (χ4v) is 6.27. The number of hydrogen-bond acceptors (Lipinski definition) is 3. The Kier molecular flexibility index (Phi) is 7.18. The van der Waals surface area contributed by atoms with Gasteiger partial charge in [0.15, 0.2) is 0 Å². The monoisotopic (exact) mass is 611 g/mol. The Morgan fingerprint density at radius 1 is 0.895 bits per heavy atom. The predicted octanol–water partition coefficient (Wildman–Crippen LogP) is 7.47. The lowest BCUT2D eigenvalue weighted by Gasteiger charge is -2.14. The summed E-state index contributed by atoms with van der Waals surface area (Å²) in [5, 5.41) is 15.8. The third-order valence-electron chi connectivity index (χ3n) is 6.52. The average Bonchev–Trinajstić information content (AvgIpc) is 3.18. The van der Waals surface area contributed by atoms with Crippen molar-refractivity contribution < 1.29 is 19.5 Å². The van der Waals surface area contributed by atoms with Crippen LogP contribution in [0.1, 0.15) is 27.4 Å². The summed E-state index contributed by atoms with van der Waals surface area (Å²) < 4.78 is -1.35. The molecule has 3 aromatic rings. The molecule has 3 aromatic carbocycles. The number of fused-ring (bicyclic) bond motifs is 1. The lowest BCUT2D eigenvalue weighted by Crippen LogP contribution is -2.26. The summed E-state index contributed by atoms with van der Waals surface area (Å²) in [6.45, 7) is 0.355. The molecule has 196 valence electrons. The number of rotatable bonds is 5. The van der Waals surface area contributed by atoms with Crippen LogP contribution in [0, 0.1) is 5.92 Å². The van der Waals surface area contributed by atoms with Gasteiger partial charge in [-0.15, -0.1) is 23.2 Å². The lowest BCUT2D eigenvalue weighted by atomic mass is 10.1. The van der Waals surface area contributed by atoms with Crippen molar-refractivity contribution in [1.29, 1.82) is 0 Å². The van der Waals surface area contributed by atoms with Crippen LogP contribution in [0.25, 0.3) is 0 Å². The van der Waals surface area contributed by atoms with Crippen molar-refractivity contribution in [2.24, 2.45) is 5.92 Å². The second-order valence-corrected chi connectivity index (χ2v) is 11.7.